The predicted molar refractivity (Wildman–Crippen MR) is 62.5 cm³/mol. The molecule has 0 saturated carbocycles. The first-order valence-corrected chi connectivity index (χ1v) is 5.24. The van der Waals surface area contributed by atoms with Crippen molar-refractivity contribution in [2.75, 3.05) is 7.11 Å². The largest absolute Gasteiger partial charge is 0.496 e. The van der Waals surface area contributed by atoms with E-state index in [4.69, 9.17) is 4.74 Å². The fraction of sp³-hybridized carbons (Fsp3) is 0.231. The zero-order valence-corrected chi connectivity index (χ0v) is 9.18. The van der Waals surface area contributed by atoms with Crippen LogP contribution < -0.4 is 4.74 Å². The van der Waals surface area contributed by atoms with Crippen molar-refractivity contribution in [3.8, 4) is 5.75 Å². The number of H-pyrrole nitrogens is 1. The van der Waals surface area contributed by atoms with Gasteiger partial charge >= 0.3 is 0 Å². The van der Waals surface area contributed by atoms with Crippen molar-refractivity contribution in [1.82, 2.24) is 4.98 Å². The van der Waals surface area contributed by atoms with Crippen LogP contribution in [0.3, 0.4) is 0 Å². The van der Waals surface area contributed by atoms with Crippen molar-refractivity contribution < 1.29 is 9.84 Å². The second kappa shape index (κ2) is 4.86. The summed E-state index contributed by atoms with van der Waals surface area (Å²) in [6.07, 6.45) is 3.67. The van der Waals surface area contributed by atoms with Gasteiger partial charge in [-0.2, -0.15) is 0 Å². The van der Waals surface area contributed by atoms with Gasteiger partial charge in [0.1, 0.15) is 5.75 Å². The molecule has 1 atom stereocenters. The van der Waals surface area contributed by atoms with Crippen LogP contribution in [0.15, 0.2) is 42.7 Å². The van der Waals surface area contributed by atoms with Crippen LogP contribution in [0.25, 0.3) is 0 Å². The van der Waals surface area contributed by atoms with Gasteiger partial charge in [-0.3, -0.25) is 0 Å². The minimum Gasteiger partial charge on any atom is -0.496 e. The van der Waals surface area contributed by atoms with Gasteiger partial charge < -0.3 is 14.8 Å². The van der Waals surface area contributed by atoms with Crippen molar-refractivity contribution in [3.63, 3.8) is 0 Å². The second-order valence-corrected chi connectivity index (χ2v) is 3.68. The van der Waals surface area contributed by atoms with E-state index >= 15 is 0 Å². The molecule has 2 rings (SSSR count). The summed E-state index contributed by atoms with van der Waals surface area (Å²) in [5.41, 5.74) is 1.91. The van der Waals surface area contributed by atoms with Gasteiger partial charge in [-0.25, -0.2) is 0 Å². The number of aliphatic hydroxyl groups is 1. The molecule has 16 heavy (non-hydrogen) atoms. The van der Waals surface area contributed by atoms with Gasteiger partial charge in [0.05, 0.1) is 13.2 Å². The van der Waals surface area contributed by atoms with E-state index in [1.807, 2.05) is 30.3 Å². The molecule has 0 amide bonds. The van der Waals surface area contributed by atoms with Crippen LogP contribution in [0.1, 0.15) is 17.2 Å². The Bertz CT molecular complexity index is 437. The van der Waals surface area contributed by atoms with E-state index in [0.717, 1.165) is 16.9 Å². The molecule has 1 unspecified atom stereocenters. The van der Waals surface area contributed by atoms with Crippen LogP contribution in [-0.4, -0.2) is 17.2 Å². The molecule has 0 radical (unpaired) electrons. The average Bonchev–Trinajstić information content (AvgIpc) is 2.83. The molecule has 0 saturated heterocycles. The quantitative estimate of drug-likeness (QED) is 0.825. The third-order valence-corrected chi connectivity index (χ3v) is 2.61. The average molecular weight is 217 g/mol. The number of aliphatic hydroxyl groups excluding tert-OH is 1. The zero-order chi connectivity index (χ0) is 11.4. The summed E-state index contributed by atoms with van der Waals surface area (Å²) in [5.74, 6) is 0.817. The summed E-state index contributed by atoms with van der Waals surface area (Å²) >= 11 is 0. The SMILES string of the molecule is COc1ccccc1CC(O)c1cc[nH]c1. The predicted octanol–water partition coefficient (Wildman–Crippen LogP) is 2.30. The molecule has 0 bridgehead atoms. The van der Waals surface area contributed by atoms with E-state index in [2.05, 4.69) is 4.98 Å². The van der Waals surface area contributed by atoms with Crippen LogP contribution in [0, 0.1) is 0 Å². The number of para-hydroxylation sites is 1. The maximum atomic E-state index is 10.0. The topological polar surface area (TPSA) is 45.2 Å². The number of methoxy groups -OCH3 is 1. The smallest absolute Gasteiger partial charge is 0.122 e. The van der Waals surface area contributed by atoms with Crippen molar-refractivity contribution in [3.05, 3.63) is 53.9 Å². The van der Waals surface area contributed by atoms with Crippen LogP contribution in [0.4, 0.5) is 0 Å². The van der Waals surface area contributed by atoms with Crippen LogP contribution >= 0.6 is 0 Å². The highest BCUT2D eigenvalue weighted by molar-refractivity contribution is 5.34. The number of aromatic amines is 1. The van der Waals surface area contributed by atoms with Gasteiger partial charge in [0.2, 0.25) is 0 Å². The molecule has 0 fully saturated rings. The van der Waals surface area contributed by atoms with Gasteiger partial charge in [0.15, 0.2) is 0 Å². The van der Waals surface area contributed by atoms with Crippen molar-refractivity contribution in [1.29, 1.82) is 0 Å². The van der Waals surface area contributed by atoms with Gasteiger partial charge in [-0.1, -0.05) is 18.2 Å². The summed E-state index contributed by atoms with van der Waals surface area (Å²) in [4.78, 5) is 2.93. The molecule has 1 aromatic carbocycles. The number of ether oxygens (including phenoxy) is 1. The van der Waals surface area contributed by atoms with Crippen LogP contribution in [-0.2, 0) is 6.42 Å². The number of rotatable bonds is 4. The third-order valence-electron chi connectivity index (χ3n) is 2.61. The summed E-state index contributed by atoms with van der Waals surface area (Å²) in [5, 5.41) is 10.0. The number of aromatic nitrogens is 1. The number of nitrogens with one attached hydrogen (secondary N) is 1. The molecule has 0 aliphatic carbocycles. The summed E-state index contributed by atoms with van der Waals surface area (Å²) < 4.78 is 5.24. The maximum absolute atomic E-state index is 10.0. The van der Waals surface area contributed by atoms with Gasteiger partial charge in [0, 0.05) is 18.8 Å². The molecule has 3 nitrogen and oxygen atoms in total. The van der Waals surface area contributed by atoms with Gasteiger partial charge in [-0.15, -0.1) is 0 Å². The Kier molecular flexibility index (Phi) is 3.27. The van der Waals surface area contributed by atoms with E-state index in [9.17, 15) is 5.11 Å². The molecule has 1 aromatic heterocycles. The van der Waals surface area contributed by atoms with E-state index in [0.29, 0.717) is 6.42 Å². The first-order valence-electron chi connectivity index (χ1n) is 5.24. The molecule has 0 aliphatic rings. The molecule has 2 N–H and O–H groups in total. The van der Waals surface area contributed by atoms with Gasteiger partial charge in [0.25, 0.3) is 0 Å². The molecular formula is C13H15NO2. The lowest BCUT2D eigenvalue weighted by Crippen LogP contribution is -2.02. The normalized spacial score (nSPS) is 12.4. The number of hydrogen-bond donors (Lipinski definition) is 2. The molecule has 3 heteroatoms. The van der Waals surface area contributed by atoms with E-state index in [-0.39, 0.29) is 0 Å². The fourth-order valence-corrected chi connectivity index (χ4v) is 1.74. The molecule has 0 spiro atoms. The van der Waals surface area contributed by atoms with Crippen LogP contribution in [0.2, 0.25) is 0 Å². The highest BCUT2D eigenvalue weighted by Crippen LogP contribution is 2.24. The summed E-state index contributed by atoms with van der Waals surface area (Å²) in [6.45, 7) is 0. The summed E-state index contributed by atoms with van der Waals surface area (Å²) in [7, 11) is 1.64. The standard InChI is InChI=1S/C13H15NO2/c1-16-13-5-3-2-4-10(13)8-12(15)11-6-7-14-9-11/h2-7,9,12,14-15H,8H2,1H3. The number of hydrogen-bond acceptors (Lipinski definition) is 2. The Hall–Kier alpha value is -1.74. The van der Waals surface area contributed by atoms with Crippen molar-refractivity contribution >= 4 is 0 Å². The number of benzene rings is 1. The maximum Gasteiger partial charge on any atom is 0.122 e. The Morgan fingerprint density at radius 3 is 2.81 bits per heavy atom. The monoisotopic (exact) mass is 217 g/mol. The summed E-state index contributed by atoms with van der Waals surface area (Å²) in [6, 6.07) is 9.61. The fourth-order valence-electron chi connectivity index (χ4n) is 1.74. The second-order valence-electron chi connectivity index (χ2n) is 3.68. The minimum absolute atomic E-state index is 0.498. The molecule has 0 aliphatic heterocycles. The van der Waals surface area contributed by atoms with Crippen molar-refractivity contribution in [2.45, 2.75) is 12.5 Å². The lowest BCUT2D eigenvalue weighted by atomic mass is 10.0. The molecule has 1 heterocycles. The first kappa shape index (κ1) is 10.8. The molecular weight excluding hydrogens is 202 g/mol. The lowest BCUT2D eigenvalue weighted by molar-refractivity contribution is 0.177. The van der Waals surface area contributed by atoms with E-state index < -0.39 is 6.10 Å². The van der Waals surface area contributed by atoms with Crippen LogP contribution in [0.5, 0.6) is 5.75 Å². The van der Waals surface area contributed by atoms with E-state index in [1.54, 1.807) is 19.5 Å². The first-order chi connectivity index (χ1) is 7.81. The van der Waals surface area contributed by atoms with E-state index in [1.165, 1.54) is 0 Å². The van der Waals surface area contributed by atoms with Gasteiger partial charge in [-0.05, 0) is 23.3 Å². The zero-order valence-electron chi connectivity index (χ0n) is 9.18. The Labute approximate surface area is 94.7 Å². The highest BCUT2D eigenvalue weighted by Gasteiger charge is 2.11. The highest BCUT2D eigenvalue weighted by atomic mass is 16.5. The Balaban J connectivity index is 2.14. The van der Waals surface area contributed by atoms with Crippen molar-refractivity contribution in [2.24, 2.45) is 0 Å². The molecule has 84 valence electrons. The Morgan fingerprint density at radius 1 is 1.31 bits per heavy atom. The Morgan fingerprint density at radius 2 is 2.12 bits per heavy atom. The molecule has 2 aromatic rings. The lowest BCUT2D eigenvalue weighted by Gasteiger charge is -2.12. The third kappa shape index (κ3) is 2.25. The minimum atomic E-state index is -0.498.